The largest absolute Gasteiger partial charge is 0.481 e. The molecule has 6 heteroatoms. The fraction of sp³-hybridized carbons (Fsp3) is 0.364. The topological polar surface area (TPSA) is 93.5 Å². The number of aryl methyl sites for hydroxylation is 2. The van der Waals surface area contributed by atoms with Gasteiger partial charge in [-0.3, -0.25) is 9.20 Å². The van der Waals surface area contributed by atoms with Crippen molar-refractivity contribution in [3.8, 4) is 0 Å². The van der Waals surface area contributed by atoms with Gasteiger partial charge in [0.1, 0.15) is 12.0 Å². The highest BCUT2D eigenvalue weighted by Gasteiger charge is 2.18. The van der Waals surface area contributed by atoms with Gasteiger partial charge in [0.2, 0.25) is 0 Å². The average molecular weight is 234 g/mol. The Morgan fingerprint density at radius 2 is 2.29 bits per heavy atom. The Bertz CT molecular complexity index is 576. The Hall–Kier alpha value is -1.95. The van der Waals surface area contributed by atoms with Crippen molar-refractivity contribution in [3.63, 3.8) is 0 Å². The van der Waals surface area contributed by atoms with Gasteiger partial charge >= 0.3 is 5.97 Å². The fourth-order valence-electron chi connectivity index (χ4n) is 1.81. The second-order valence-corrected chi connectivity index (χ2v) is 4.05. The predicted molar refractivity (Wildman–Crippen MR) is 61.6 cm³/mol. The summed E-state index contributed by atoms with van der Waals surface area (Å²) in [5.41, 5.74) is 8.87. The number of imidazole rings is 1. The van der Waals surface area contributed by atoms with Crippen LogP contribution in [0, 0.1) is 13.8 Å². The summed E-state index contributed by atoms with van der Waals surface area (Å²) >= 11 is 0. The molecule has 0 aliphatic carbocycles. The predicted octanol–water partition coefficient (Wildman–Crippen LogP) is 0.821. The van der Waals surface area contributed by atoms with Gasteiger partial charge in [0, 0.05) is 17.5 Å². The Labute approximate surface area is 98.1 Å². The molecule has 0 saturated heterocycles. The zero-order chi connectivity index (χ0) is 12.6. The smallest absolute Gasteiger partial charge is 0.305 e. The van der Waals surface area contributed by atoms with E-state index in [-0.39, 0.29) is 6.42 Å². The van der Waals surface area contributed by atoms with Crippen LogP contribution in [0.25, 0.3) is 5.65 Å². The van der Waals surface area contributed by atoms with E-state index in [1.54, 1.807) is 6.33 Å². The summed E-state index contributed by atoms with van der Waals surface area (Å²) in [7, 11) is 0. The number of nitrogens with two attached hydrogens (primary N) is 1. The molecule has 2 heterocycles. The number of carboxylic acid groups (broad SMARTS) is 1. The number of hydrogen-bond donors (Lipinski definition) is 2. The molecule has 0 fully saturated rings. The van der Waals surface area contributed by atoms with E-state index in [4.69, 9.17) is 10.8 Å². The van der Waals surface area contributed by atoms with Crippen molar-refractivity contribution >= 4 is 11.6 Å². The van der Waals surface area contributed by atoms with Gasteiger partial charge in [-0.1, -0.05) is 0 Å². The molecule has 2 rings (SSSR count). The van der Waals surface area contributed by atoms with Gasteiger partial charge in [-0.2, -0.15) is 0 Å². The summed E-state index contributed by atoms with van der Waals surface area (Å²) in [6.45, 7) is 3.73. The lowest BCUT2D eigenvalue weighted by Gasteiger charge is -2.06. The van der Waals surface area contributed by atoms with Crippen molar-refractivity contribution in [2.24, 2.45) is 5.73 Å². The van der Waals surface area contributed by atoms with Crippen LogP contribution in [0.15, 0.2) is 12.4 Å². The molecule has 0 radical (unpaired) electrons. The van der Waals surface area contributed by atoms with E-state index in [2.05, 4.69) is 9.97 Å². The third kappa shape index (κ3) is 2.12. The van der Waals surface area contributed by atoms with Crippen LogP contribution in [0.5, 0.6) is 0 Å². The van der Waals surface area contributed by atoms with Crippen LogP contribution in [0.3, 0.4) is 0 Å². The van der Waals surface area contributed by atoms with Crippen LogP contribution < -0.4 is 5.73 Å². The van der Waals surface area contributed by atoms with Gasteiger partial charge in [0.05, 0.1) is 18.2 Å². The second-order valence-electron chi connectivity index (χ2n) is 4.05. The van der Waals surface area contributed by atoms with Crippen LogP contribution in [0.2, 0.25) is 0 Å². The van der Waals surface area contributed by atoms with E-state index >= 15 is 0 Å². The van der Waals surface area contributed by atoms with Gasteiger partial charge in [-0.25, -0.2) is 9.97 Å². The Kier molecular flexibility index (Phi) is 2.81. The summed E-state index contributed by atoms with van der Waals surface area (Å²) in [6.07, 6.45) is 1.54. The number of nitrogens with zero attached hydrogens (tertiary/aromatic N) is 3. The van der Waals surface area contributed by atoms with E-state index in [0.29, 0.717) is 5.69 Å². The standard InChI is InChI=1S/C11H14N4O2/c1-6-3-9-14-11(8(12)4-10(16)17)7(2)15(9)5-13-6/h3,5,8H,4,12H2,1-2H3,(H,16,17). The first-order valence-corrected chi connectivity index (χ1v) is 5.27. The number of carbonyl (C=O) groups is 1. The summed E-state index contributed by atoms with van der Waals surface area (Å²) in [6, 6.07) is 1.25. The molecule has 6 nitrogen and oxygen atoms in total. The molecule has 1 atom stereocenters. The number of rotatable bonds is 3. The SMILES string of the molecule is Cc1cc2nc(C(N)CC(=O)O)c(C)n2cn1. The highest BCUT2D eigenvalue weighted by molar-refractivity contribution is 5.68. The molecule has 0 amide bonds. The molecule has 17 heavy (non-hydrogen) atoms. The molecule has 0 spiro atoms. The molecule has 90 valence electrons. The molecular weight excluding hydrogens is 220 g/mol. The molecule has 0 bridgehead atoms. The fourth-order valence-corrected chi connectivity index (χ4v) is 1.81. The number of fused-ring (bicyclic) bond motifs is 1. The zero-order valence-electron chi connectivity index (χ0n) is 9.71. The molecule has 0 aliphatic rings. The van der Waals surface area contributed by atoms with E-state index in [1.165, 1.54) is 0 Å². The van der Waals surface area contributed by atoms with Crippen molar-refractivity contribution in [1.82, 2.24) is 14.4 Å². The third-order valence-corrected chi connectivity index (χ3v) is 2.67. The van der Waals surface area contributed by atoms with E-state index in [0.717, 1.165) is 17.0 Å². The monoisotopic (exact) mass is 234 g/mol. The van der Waals surface area contributed by atoms with Crippen LogP contribution in [-0.2, 0) is 4.79 Å². The molecule has 3 N–H and O–H groups in total. The maximum atomic E-state index is 10.6. The average Bonchev–Trinajstić information content (AvgIpc) is 2.54. The Morgan fingerprint density at radius 3 is 2.94 bits per heavy atom. The zero-order valence-corrected chi connectivity index (χ0v) is 9.71. The minimum absolute atomic E-state index is 0.128. The maximum Gasteiger partial charge on any atom is 0.305 e. The Morgan fingerprint density at radius 1 is 1.59 bits per heavy atom. The summed E-state index contributed by atoms with van der Waals surface area (Å²) in [5, 5.41) is 8.73. The maximum absolute atomic E-state index is 10.6. The van der Waals surface area contributed by atoms with Crippen LogP contribution in [0.4, 0.5) is 0 Å². The van der Waals surface area contributed by atoms with E-state index < -0.39 is 12.0 Å². The molecule has 2 aromatic rings. The van der Waals surface area contributed by atoms with Crippen LogP contribution in [-0.4, -0.2) is 25.4 Å². The first kappa shape index (κ1) is 11.5. The summed E-state index contributed by atoms with van der Waals surface area (Å²) in [4.78, 5) is 19.2. The van der Waals surface area contributed by atoms with Crippen molar-refractivity contribution in [2.45, 2.75) is 26.3 Å². The lowest BCUT2D eigenvalue weighted by Crippen LogP contribution is -2.16. The molecule has 0 aromatic carbocycles. The molecule has 0 saturated carbocycles. The number of carboxylic acids is 1. The lowest BCUT2D eigenvalue weighted by atomic mass is 10.1. The molecule has 2 aromatic heterocycles. The van der Waals surface area contributed by atoms with Gasteiger partial charge in [0.25, 0.3) is 0 Å². The molecular formula is C11H14N4O2. The minimum Gasteiger partial charge on any atom is -0.481 e. The first-order chi connectivity index (χ1) is 7.99. The summed E-state index contributed by atoms with van der Waals surface area (Å²) < 4.78 is 1.81. The molecule has 1 unspecified atom stereocenters. The number of aromatic nitrogens is 3. The van der Waals surface area contributed by atoms with Crippen LogP contribution in [0.1, 0.15) is 29.5 Å². The number of aliphatic carboxylic acids is 1. The van der Waals surface area contributed by atoms with Crippen LogP contribution >= 0.6 is 0 Å². The quantitative estimate of drug-likeness (QED) is 0.820. The second kappa shape index (κ2) is 4.14. The Balaban J connectivity index is 2.48. The van der Waals surface area contributed by atoms with Crippen molar-refractivity contribution < 1.29 is 9.90 Å². The van der Waals surface area contributed by atoms with Crippen molar-refractivity contribution in [3.05, 3.63) is 29.5 Å². The normalized spacial score (nSPS) is 12.9. The van der Waals surface area contributed by atoms with Gasteiger partial charge < -0.3 is 10.8 Å². The van der Waals surface area contributed by atoms with Gasteiger partial charge in [-0.05, 0) is 13.8 Å². The highest BCUT2D eigenvalue weighted by atomic mass is 16.4. The minimum atomic E-state index is -0.928. The van der Waals surface area contributed by atoms with E-state index in [1.807, 2.05) is 24.3 Å². The first-order valence-electron chi connectivity index (χ1n) is 5.27. The van der Waals surface area contributed by atoms with Gasteiger partial charge in [-0.15, -0.1) is 0 Å². The van der Waals surface area contributed by atoms with Gasteiger partial charge in [0.15, 0.2) is 0 Å². The molecule has 0 aliphatic heterocycles. The number of hydrogen-bond acceptors (Lipinski definition) is 4. The van der Waals surface area contributed by atoms with E-state index in [9.17, 15) is 4.79 Å². The lowest BCUT2D eigenvalue weighted by molar-refractivity contribution is -0.137. The third-order valence-electron chi connectivity index (χ3n) is 2.67. The van der Waals surface area contributed by atoms with Crippen molar-refractivity contribution in [2.75, 3.05) is 0 Å². The highest BCUT2D eigenvalue weighted by Crippen LogP contribution is 2.19. The van der Waals surface area contributed by atoms with Crippen molar-refractivity contribution in [1.29, 1.82) is 0 Å². The summed E-state index contributed by atoms with van der Waals surface area (Å²) in [5.74, 6) is -0.928.